The zero-order valence-corrected chi connectivity index (χ0v) is 11.6. The van der Waals surface area contributed by atoms with Gasteiger partial charge in [0.15, 0.2) is 0 Å². The Morgan fingerprint density at radius 2 is 2.10 bits per heavy atom. The Morgan fingerprint density at radius 1 is 1.29 bits per heavy atom. The van der Waals surface area contributed by atoms with Gasteiger partial charge in [0, 0.05) is 5.69 Å². The molecule has 106 valence electrons. The first-order valence-electron chi connectivity index (χ1n) is 6.24. The molecule has 0 saturated carbocycles. The van der Waals surface area contributed by atoms with Gasteiger partial charge in [0.05, 0.1) is 28.8 Å². The Bertz CT molecular complexity index is 892. The van der Waals surface area contributed by atoms with Gasteiger partial charge < -0.3 is 5.73 Å². The number of anilines is 1. The van der Waals surface area contributed by atoms with Gasteiger partial charge in [-0.1, -0.05) is 23.7 Å². The molecular weight excluding hydrogens is 293 g/mol. The molecule has 0 aliphatic heterocycles. The van der Waals surface area contributed by atoms with Gasteiger partial charge >= 0.3 is 0 Å². The van der Waals surface area contributed by atoms with Crippen LogP contribution in [0.4, 0.5) is 10.1 Å². The van der Waals surface area contributed by atoms with E-state index in [0.29, 0.717) is 22.2 Å². The number of nitrogens with two attached hydrogens (primary N) is 1. The van der Waals surface area contributed by atoms with Crippen molar-refractivity contribution >= 4 is 28.2 Å². The molecule has 0 atom stereocenters. The van der Waals surface area contributed by atoms with E-state index >= 15 is 0 Å². The van der Waals surface area contributed by atoms with Crippen LogP contribution in [0.3, 0.4) is 0 Å². The third-order valence-electron chi connectivity index (χ3n) is 3.22. The van der Waals surface area contributed by atoms with Gasteiger partial charge in [-0.15, -0.1) is 0 Å². The van der Waals surface area contributed by atoms with Crippen molar-refractivity contribution < 1.29 is 4.39 Å². The fourth-order valence-corrected chi connectivity index (χ4v) is 2.33. The molecule has 0 aliphatic rings. The van der Waals surface area contributed by atoms with Crippen molar-refractivity contribution in [3.8, 4) is 0 Å². The zero-order chi connectivity index (χ0) is 15.0. The highest BCUT2D eigenvalue weighted by Gasteiger charge is 2.09. The maximum Gasteiger partial charge on any atom is 0.261 e. The maximum absolute atomic E-state index is 13.4. The fourth-order valence-electron chi connectivity index (χ4n) is 2.14. The van der Waals surface area contributed by atoms with Crippen LogP contribution >= 0.6 is 11.6 Å². The van der Waals surface area contributed by atoms with E-state index in [1.807, 2.05) is 0 Å². The summed E-state index contributed by atoms with van der Waals surface area (Å²) < 4.78 is 14.8. The third kappa shape index (κ3) is 2.48. The summed E-state index contributed by atoms with van der Waals surface area (Å²) in [7, 11) is 0. The van der Waals surface area contributed by atoms with E-state index in [9.17, 15) is 9.18 Å². The third-order valence-corrected chi connectivity index (χ3v) is 3.64. The van der Waals surface area contributed by atoms with Crippen LogP contribution in [0.25, 0.3) is 10.9 Å². The molecule has 1 heterocycles. The molecule has 4 nitrogen and oxygen atoms in total. The molecule has 21 heavy (non-hydrogen) atoms. The van der Waals surface area contributed by atoms with Gasteiger partial charge in [0.25, 0.3) is 5.56 Å². The van der Waals surface area contributed by atoms with Crippen LogP contribution in [0.15, 0.2) is 47.5 Å². The summed E-state index contributed by atoms with van der Waals surface area (Å²) in [5, 5.41) is 0.432. The number of aromatic nitrogens is 2. The second-order valence-electron chi connectivity index (χ2n) is 4.67. The van der Waals surface area contributed by atoms with E-state index in [1.54, 1.807) is 30.3 Å². The Labute approximate surface area is 124 Å². The zero-order valence-electron chi connectivity index (χ0n) is 10.9. The van der Waals surface area contributed by atoms with Gasteiger partial charge in [0.1, 0.15) is 5.82 Å². The van der Waals surface area contributed by atoms with Crippen molar-refractivity contribution in [2.24, 2.45) is 0 Å². The lowest BCUT2D eigenvalue weighted by Gasteiger charge is -2.09. The summed E-state index contributed by atoms with van der Waals surface area (Å²) in [5.41, 5.74) is 7.02. The second kappa shape index (κ2) is 5.18. The molecule has 0 fully saturated rings. The number of fused-ring (bicyclic) bond motifs is 1. The number of rotatable bonds is 2. The number of hydrogen-bond donors (Lipinski definition) is 1. The predicted octanol–water partition coefficient (Wildman–Crippen LogP) is 2.82. The van der Waals surface area contributed by atoms with Crippen molar-refractivity contribution in [1.82, 2.24) is 9.55 Å². The molecule has 0 aliphatic carbocycles. The Balaban J connectivity index is 2.11. The van der Waals surface area contributed by atoms with E-state index < -0.39 is 5.82 Å². The van der Waals surface area contributed by atoms with Crippen molar-refractivity contribution in [2.75, 3.05) is 5.73 Å². The molecule has 0 unspecified atom stereocenters. The van der Waals surface area contributed by atoms with Crippen LogP contribution in [-0.4, -0.2) is 9.55 Å². The molecule has 0 saturated heterocycles. The highest BCUT2D eigenvalue weighted by molar-refractivity contribution is 6.31. The van der Waals surface area contributed by atoms with E-state index in [-0.39, 0.29) is 17.1 Å². The molecular formula is C15H11ClFN3O. The van der Waals surface area contributed by atoms with Gasteiger partial charge in [-0.05, 0) is 29.8 Å². The lowest BCUT2D eigenvalue weighted by molar-refractivity contribution is 0.623. The van der Waals surface area contributed by atoms with E-state index in [1.165, 1.54) is 17.0 Å². The topological polar surface area (TPSA) is 60.9 Å². The highest BCUT2D eigenvalue weighted by Crippen LogP contribution is 2.20. The van der Waals surface area contributed by atoms with Crippen LogP contribution in [0.5, 0.6) is 0 Å². The minimum absolute atomic E-state index is 0.0112. The highest BCUT2D eigenvalue weighted by atomic mass is 35.5. The molecule has 2 aromatic carbocycles. The number of nitrogens with zero attached hydrogens (tertiary/aromatic N) is 2. The van der Waals surface area contributed by atoms with E-state index in [0.717, 1.165) is 0 Å². The average Bonchev–Trinajstić information content (AvgIpc) is 2.47. The summed E-state index contributed by atoms with van der Waals surface area (Å²) in [6.45, 7) is 0.146. The predicted molar refractivity (Wildman–Crippen MR) is 80.9 cm³/mol. The largest absolute Gasteiger partial charge is 0.399 e. The smallest absolute Gasteiger partial charge is 0.261 e. The lowest BCUT2D eigenvalue weighted by atomic mass is 10.2. The van der Waals surface area contributed by atoms with Crippen molar-refractivity contribution in [3.63, 3.8) is 0 Å². The van der Waals surface area contributed by atoms with Crippen LogP contribution in [0, 0.1) is 5.82 Å². The first-order chi connectivity index (χ1) is 10.1. The van der Waals surface area contributed by atoms with Crippen LogP contribution in [0.2, 0.25) is 5.02 Å². The molecule has 1 aromatic heterocycles. The molecule has 3 rings (SSSR count). The minimum Gasteiger partial charge on any atom is -0.399 e. The SMILES string of the molecule is Nc1ccc2ncn(Cc3cccc(F)c3Cl)c(=O)c2c1. The first kappa shape index (κ1) is 13.6. The summed E-state index contributed by atoms with van der Waals surface area (Å²) in [4.78, 5) is 16.6. The van der Waals surface area contributed by atoms with E-state index in [4.69, 9.17) is 17.3 Å². The molecule has 0 radical (unpaired) electrons. The van der Waals surface area contributed by atoms with E-state index in [2.05, 4.69) is 4.98 Å². The average molecular weight is 304 g/mol. The van der Waals surface area contributed by atoms with Gasteiger partial charge in [0.2, 0.25) is 0 Å². The summed E-state index contributed by atoms with van der Waals surface area (Å²) in [6, 6.07) is 9.44. The fraction of sp³-hybridized carbons (Fsp3) is 0.0667. The van der Waals surface area contributed by atoms with Crippen molar-refractivity contribution in [2.45, 2.75) is 6.54 Å². The van der Waals surface area contributed by atoms with Gasteiger partial charge in [-0.3, -0.25) is 9.36 Å². The molecule has 2 N–H and O–H groups in total. The number of benzene rings is 2. The minimum atomic E-state index is -0.514. The van der Waals surface area contributed by atoms with Crippen LogP contribution < -0.4 is 11.3 Å². The summed E-state index contributed by atoms with van der Waals surface area (Å²) >= 11 is 5.91. The Kier molecular flexibility index (Phi) is 3.35. The van der Waals surface area contributed by atoms with Crippen LogP contribution in [-0.2, 0) is 6.54 Å². The standard InChI is InChI=1S/C15H11ClFN3O/c16-14-9(2-1-3-12(14)17)7-20-8-19-13-5-4-10(18)6-11(13)15(20)21/h1-6,8H,7,18H2. The number of hydrogen-bond acceptors (Lipinski definition) is 3. The molecule has 0 spiro atoms. The molecule has 0 bridgehead atoms. The molecule has 6 heteroatoms. The molecule has 3 aromatic rings. The van der Waals surface area contributed by atoms with Crippen molar-refractivity contribution in [1.29, 1.82) is 0 Å². The molecule has 0 amide bonds. The first-order valence-corrected chi connectivity index (χ1v) is 6.61. The second-order valence-corrected chi connectivity index (χ2v) is 5.05. The summed E-state index contributed by atoms with van der Waals surface area (Å²) in [5.74, 6) is -0.514. The van der Waals surface area contributed by atoms with Crippen molar-refractivity contribution in [3.05, 3.63) is 69.5 Å². The van der Waals surface area contributed by atoms with Gasteiger partial charge in [-0.2, -0.15) is 0 Å². The monoisotopic (exact) mass is 303 g/mol. The maximum atomic E-state index is 13.4. The number of nitrogen functional groups attached to an aromatic ring is 1. The Morgan fingerprint density at radius 3 is 2.90 bits per heavy atom. The lowest BCUT2D eigenvalue weighted by Crippen LogP contribution is -2.21. The quantitative estimate of drug-likeness (QED) is 0.741. The normalized spacial score (nSPS) is 11.0. The Hall–Kier alpha value is -2.40. The number of halogens is 2. The van der Waals surface area contributed by atoms with Gasteiger partial charge in [-0.25, -0.2) is 9.37 Å². The van der Waals surface area contributed by atoms with Crippen LogP contribution in [0.1, 0.15) is 5.56 Å². The summed E-state index contributed by atoms with van der Waals surface area (Å²) in [6.07, 6.45) is 1.42.